The number of anilines is 1. The van der Waals surface area contributed by atoms with Crippen LogP contribution in [-0.4, -0.2) is 55.1 Å². The Morgan fingerprint density at radius 2 is 1.85 bits per heavy atom. The van der Waals surface area contributed by atoms with Gasteiger partial charge in [-0.15, -0.1) is 0 Å². The highest BCUT2D eigenvalue weighted by Gasteiger charge is 2.34. The number of piperazine rings is 1. The fourth-order valence-electron chi connectivity index (χ4n) is 4.38. The second-order valence-electron chi connectivity index (χ2n) is 8.24. The molecule has 180 valence electrons. The number of fused-ring (bicyclic) bond motifs is 1. The number of alkyl halides is 3. The maximum atomic E-state index is 13.3. The lowest BCUT2D eigenvalue weighted by atomic mass is 10.0. The van der Waals surface area contributed by atoms with E-state index in [0.717, 1.165) is 17.3 Å². The van der Waals surface area contributed by atoms with E-state index in [2.05, 4.69) is 9.88 Å². The third-order valence-electron chi connectivity index (χ3n) is 6.00. The Labute approximate surface area is 193 Å². The Balaban J connectivity index is 1.68. The first-order valence-corrected chi connectivity index (χ1v) is 10.7. The standard InChI is InChI=1S/C24H24F4N4O2/c1-34-20-8-7-19(18-6-9-21(24(26,27)28)30-23(18)20)32-11-10-31(14-22(29)33)17(13-32)12-15-2-4-16(25)5-3-15/h2-9,17H,10-14H2,1H3,(H2,29,33). The van der Waals surface area contributed by atoms with Gasteiger partial charge in [0.15, 0.2) is 0 Å². The minimum Gasteiger partial charge on any atom is -0.494 e. The second kappa shape index (κ2) is 9.46. The van der Waals surface area contributed by atoms with Crippen molar-refractivity contribution in [2.45, 2.75) is 18.6 Å². The van der Waals surface area contributed by atoms with Crippen molar-refractivity contribution in [3.63, 3.8) is 0 Å². The molecule has 1 aromatic heterocycles. The predicted molar refractivity (Wildman–Crippen MR) is 120 cm³/mol. The van der Waals surface area contributed by atoms with E-state index in [4.69, 9.17) is 10.5 Å². The van der Waals surface area contributed by atoms with Gasteiger partial charge in [0, 0.05) is 36.7 Å². The summed E-state index contributed by atoms with van der Waals surface area (Å²) in [6.07, 6.45) is -4.02. The Morgan fingerprint density at radius 1 is 1.12 bits per heavy atom. The summed E-state index contributed by atoms with van der Waals surface area (Å²) >= 11 is 0. The van der Waals surface area contributed by atoms with Crippen LogP contribution in [0.4, 0.5) is 23.2 Å². The number of rotatable bonds is 6. The Hall–Kier alpha value is -3.40. The molecule has 2 aromatic carbocycles. The number of halogens is 4. The highest BCUT2D eigenvalue weighted by molar-refractivity contribution is 5.96. The van der Waals surface area contributed by atoms with Crippen LogP contribution in [0.3, 0.4) is 0 Å². The molecule has 0 saturated carbocycles. The molecule has 1 fully saturated rings. The molecule has 1 saturated heterocycles. The summed E-state index contributed by atoms with van der Waals surface area (Å²) in [4.78, 5) is 19.5. The van der Waals surface area contributed by atoms with E-state index in [1.807, 2.05) is 4.90 Å². The van der Waals surface area contributed by atoms with Crippen LogP contribution in [0.25, 0.3) is 10.9 Å². The zero-order chi connectivity index (χ0) is 24.5. The molecule has 2 heterocycles. The fourth-order valence-corrected chi connectivity index (χ4v) is 4.38. The molecule has 0 bridgehead atoms. The summed E-state index contributed by atoms with van der Waals surface area (Å²) in [5.41, 5.74) is 6.21. The van der Waals surface area contributed by atoms with Gasteiger partial charge in [-0.2, -0.15) is 13.2 Å². The molecule has 3 aromatic rings. The lowest BCUT2D eigenvalue weighted by molar-refractivity contribution is -0.141. The van der Waals surface area contributed by atoms with Crippen LogP contribution in [0.2, 0.25) is 0 Å². The van der Waals surface area contributed by atoms with Crippen molar-refractivity contribution in [2.75, 3.05) is 38.2 Å². The van der Waals surface area contributed by atoms with Crippen molar-refractivity contribution in [2.24, 2.45) is 5.73 Å². The van der Waals surface area contributed by atoms with E-state index in [1.165, 1.54) is 25.3 Å². The lowest BCUT2D eigenvalue weighted by Crippen LogP contribution is -2.56. The topological polar surface area (TPSA) is 71.7 Å². The van der Waals surface area contributed by atoms with Crippen LogP contribution in [-0.2, 0) is 17.4 Å². The van der Waals surface area contributed by atoms with Crippen LogP contribution in [0.5, 0.6) is 5.75 Å². The SMILES string of the molecule is COc1ccc(N2CCN(CC(N)=O)C(Cc3ccc(F)cc3)C2)c2ccc(C(F)(F)F)nc12. The molecule has 1 aliphatic rings. The van der Waals surface area contributed by atoms with Gasteiger partial charge in [-0.1, -0.05) is 12.1 Å². The van der Waals surface area contributed by atoms with Crippen LogP contribution < -0.4 is 15.4 Å². The molecule has 4 rings (SSSR count). The smallest absolute Gasteiger partial charge is 0.433 e. The number of carbonyl (C=O) groups excluding carboxylic acids is 1. The molecule has 0 aliphatic carbocycles. The van der Waals surface area contributed by atoms with Gasteiger partial charge in [0.05, 0.1) is 13.7 Å². The molecular formula is C24H24F4N4O2. The van der Waals surface area contributed by atoms with E-state index in [1.54, 1.807) is 24.3 Å². The summed E-state index contributed by atoms with van der Waals surface area (Å²) in [7, 11) is 1.39. The number of hydrogen-bond acceptors (Lipinski definition) is 5. The van der Waals surface area contributed by atoms with Gasteiger partial charge in [0.25, 0.3) is 0 Å². The van der Waals surface area contributed by atoms with E-state index >= 15 is 0 Å². The van der Waals surface area contributed by atoms with Crippen molar-refractivity contribution in [1.29, 1.82) is 0 Å². The molecule has 6 nitrogen and oxygen atoms in total. The van der Waals surface area contributed by atoms with E-state index < -0.39 is 17.8 Å². The van der Waals surface area contributed by atoms with E-state index in [9.17, 15) is 22.4 Å². The van der Waals surface area contributed by atoms with Crippen LogP contribution in [0.1, 0.15) is 11.3 Å². The number of hydrogen-bond donors (Lipinski definition) is 1. The monoisotopic (exact) mass is 476 g/mol. The number of pyridine rings is 1. The van der Waals surface area contributed by atoms with Crippen molar-refractivity contribution >= 4 is 22.5 Å². The van der Waals surface area contributed by atoms with Crippen molar-refractivity contribution in [3.05, 3.63) is 65.6 Å². The first-order valence-electron chi connectivity index (χ1n) is 10.7. The highest BCUT2D eigenvalue weighted by atomic mass is 19.4. The summed E-state index contributed by atoms with van der Waals surface area (Å²) in [6.45, 7) is 1.64. The molecule has 0 spiro atoms. The number of methoxy groups -OCH3 is 1. The van der Waals surface area contributed by atoms with Gasteiger partial charge in [-0.05, 0) is 48.4 Å². The van der Waals surface area contributed by atoms with Crippen LogP contribution in [0.15, 0.2) is 48.5 Å². The molecule has 10 heteroatoms. The first kappa shape index (κ1) is 23.7. The minimum absolute atomic E-state index is 0.0829. The van der Waals surface area contributed by atoms with E-state index in [0.29, 0.717) is 31.4 Å². The lowest BCUT2D eigenvalue weighted by Gasteiger charge is -2.42. The average molecular weight is 476 g/mol. The van der Waals surface area contributed by atoms with Crippen molar-refractivity contribution < 1.29 is 27.1 Å². The predicted octanol–water partition coefficient (Wildman–Crippen LogP) is 3.62. The molecule has 1 unspecified atom stereocenters. The summed E-state index contributed by atoms with van der Waals surface area (Å²) in [5.74, 6) is -0.533. The van der Waals surface area contributed by atoms with E-state index in [-0.39, 0.29) is 29.7 Å². The highest BCUT2D eigenvalue weighted by Crippen LogP contribution is 2.37. The molecule has 2 N–H and O–H groups in total. The zero-order valence-corrected chi connectivity index (χ0v) is 18.5. The maximum absolute atomic E-state index is 13.3. The third-order valence-corrected chi connectivity index (χ3v) is 6.00. The number of amides is 1. The number of nitrogens with zero attached hydrogens (tertiary/aromatic N) is 3. The van der Waals surface area contributed by atoms with Crippen molar-refractivity contribution in [1.82, 2.24) is 9.88 Å². The fraction of sp³-hybridized carbons (Fsp3) is 0.333. The zero-order valence-electron chi connectivity index (χ0n) is 18.5. The normalized spacial score (nSPS) is 17.2. The molecule has 1 amide bonds. The number of benzene rings is 2. The largest absolute Gasteiger partial charge is 0.494 e. The third kappa shape index (κ3) is 5.06. The molecule has 34 heavy (non-hydrogen) atoms. The maximum Gasteiger partial charge on any atom is 0.433 e. The number of primary amides is 1. The number of nitrogens with two attached hydrogens (primary N) is 1. The van der Waals surface area contributed by atoms with Gasteiger partial charge in [-0.3, -0.25) is 9.69 Å². The molecule has 1 aliphatic heterocycles. The molecular weight excluding hydrogens is 452 g/mol. The Morgan fingerprint density at radius 3 is 2.50 bits per heavy atom. The average Bonchev–Trinajstić information content (AvgIpc) is 2.79. The van der Waals surface area contributed by atoms with Crippen LogP contribution >= 0.6 is 0 Å². The van der Waals surface area contributed by atoms with Gasteiger partial charge >= 0.3 is 6.18 Å². The van der Waals surface area contributed by atoms with Gasteiger partial charge < -0.3 is 15.4 Å². The number of ether oxygens (including phenoxy) is 1. The molecule has 1 atom stereocenters. The van der Waals surface area contributed by atoms with Gasteiger partial charge in [0.2, 0.25) is 5.91 Å². The summed E-state index contributed by atoms with van der Waals surface area (Å²) in [6, 6.07) is 11.8. The summed E-state index contributed by atoms with van der Waals surface area (Å²) < 4.78 is 58.4. The van der Waals surface area contributed by atoms with Crippen LogP contribution in [0, 0.1) is 5.82 Å². The van der Waals surface area contributed by atoms with Gasteiger partial charge in [-0.25, -0.2) is 9.37 Å². The Kier molecular flexibility index (Phi) is 6.60. The first-order chi connectivity index (χ1) is 16.2. The van der Waals surface area contributed by atoms with Crippen molar-refractivity contribution in [3.8, 4) is 5.75 Å². The second-order valence-corrected chi connectivity index (χ2v) is 8.24. The molecule has 0 radical (unpaired) electrons. The number of aromatic nitrogens is 1. The quantitative estimate of drug-likeness (QED) is 0.551. The Bertz CT molecular complexity index is 1180. The summed E-state index contributed by atoms with van der Waals surface area (Å²) in [5, 5.41) is 0.538. The van der Waals surface area contributed by atoms with Gasteiger partial charge in [0.1, 0.15) is 22.8 Å². The minimum atomic E-state index is -4.57. The number of carbonyl (C=O) groups is 1.